The Balaban J connectivity index is 4.06. The largest absolute Gasteiger partial charge is 0.480 e. The Labute approximate surface area is 71.1 Å². The SMILES string of the molecule is C=C(C)CNS(=O)(=O)CC(=O)O. The number of carbonyl (C=O) groups is 1. The molecule has 5 nitrogen and oxygen atoms in total. The summed E-state index contributed by atoms with van der Waals surface area (Å²) < 4.78 is 23.7. The zero-order valence-corrected chi connectivity index (χ0v) is 7.52. The van der Waals surface area contributed by atoms with Gasteiger partial charge < -0.3 is 5.11 Å². The summed E-state index contributed by atoms with van der Waals surface area (Å²) in [5.74, 6) is -2.27. The minimum absolute atomic E-state index is 0.0790. The number of hydrogen-bond donors (Lipinski definition) is 2. The first-order valence-electron chi connectivity index (χ1n) is 3.17. The molecule has 0 spiro atoms. The second kappa shape index (κ2) is 4.22. The summed E-state index contributed by atoms with van der Waals surface area (Å²) in [7, 11) is -3.69. The van der Waals surface area contributed by atoms with Crippen LogP contribution in [-0.2, 0) is 14.8 Å². The highest BCUT2D eigenvalue weighted by molar-refractivity contribution is 7.90. The van der Waals surface area contributed by atoms with Gasteiger partial charge in [-0.1, -0.05) is 12.2 Å². The molecule has 0 unspecified atom stereocenters. The van der Waals surface area contributed by atoms with Crippen LogP contribution in [0, 0.1) is 0 Å². The van der Waals surface area contributed by atoms with Crippen LogP contribution in [0.2, 0.25) is 0 Å². The van der Waals surface area contributed by atoms with E-state index in [1.165, 1.54) is 0 Å². The van der Waals surface area contributed by atoms with Crippen molar-refractivity contribution >= 4 is 16.0 Å². The van der Waals surface area contributed by atoms with Gasteiger partial charge in [0.2, 0.25) is 10.0 Å². The van der Waals surface area contributed by atoms with Crippen molar-refractivity contribution in [2.45, 2.75) is 6.92 Å². The summed E-state index contributed by atoms with van der Waals surface area (Å²) in [5.41, 5.74) is 0.629. The predicted octanol–water partition coefficient (Wildman–Crippen LogP) is -0.434. The molecule has 0 atom stereocenters. The molecule has 0 aromatic rings. The number of nitrogens with one attached hydrogen (secondary N) is 1. The molecule has 0 aliphatic rings. The first-order chi connectivity index (χ1) is 5.33. The van der Waals surface area contributed by atoms with E-state index in [0.717, 1.165) is 0 Å². The highest BCUT2D eigenvalue weighted by Crippen LogP contribution is 1.88. The Bertz CT molecular complexity index is 280. The molecule has 0 saturated heterocycles. The fraction of sp³-hybridized carbons (Fsp3) is 0.500. The maximum Gasteiger partial charge on any atom is 0.320 e. The van der Waals surface area contributed by atoms with Crippen molar-refractivity contribution in [2.75, 3.05) is 12.3 Å². The Morgan fingerprint density at radius 1 is 1.58 bits per heavy atom. The monoisotopic (exact) mass is 193 g/mol. The van der Waals surface area contributed by atoms with Crippen molar-refractivity contribution in [2.24, 2.45) is 0 Å². The molecule has 0 bridgehead atoms. The quantitative estimate of drug-likeness (QED) is 0.580. The van der Waals surface area contributed by atoms with Gasteiger partial charge in [0, 0.05) is 6.54 Å². The Hall–Kier alpha value is -0.880. The Kier molecular flexibility index (Phi) is 3.91. The Morgan fingerprint density at radius 3 is 2.42 bits per heavy atom. The predicted molar refractivity (Wildman–Crippen MR) is 44.2 cm³/mol. The standard InChI is InChI=1S/C6H11NO4S/c1-5(2)3-7-12(10,11)4-6(8)9/h7H,1,3-4H2,2H3,(H,8,9). The lowest BCUT2D eigenvalue weighted by atomic mass is 10.4. The van der Waals surface area contributed by atoms with E-state index in [1.807, 2.05) is 0 Å². The highest BCUT2D eigenvalue weighted by atomic mass is 32.2. The lowest BCUT2D eigenvalue weighted by molar-refractivity contribution is -0.134. The van der Waals surface area contributed by atoms with Crippen LogP contribution < -0.4 is 4.72 Å². The van der Waals surface area contributed by atoms with Crippen LogP contribution in [0.5, 0.6) is 0 Å². The zero-order valence-electron chi connectivity index (χ0n) is 6.70. The lowest BCUT2D eigenvalue weighted by Gasteiger charge is -2.02. The molecular weight excluding hydrogens is 182 g/mol. The van der Waals surface area contributed by atoms with E-state index in [2.05, 4.69) is 11.3 Å². The lowest BCUT2D eigenvalue weighted by Crippen LogP contribution is -2.30. The summed E-state index contributed by atoms with van der Waals surface area (Å²) in [4.78, 5) is 10.0. The number of aliphatic carboxylic acids is 1. The summed E-state index contributed by atoms with van der Waals surface area (Å²) in [6, 6.07) is 0. The number of carboxylic acid groups (broad SMARTS) is 1. The molecule has 0 fully saturated rings. The van der Waals surface area contributed by atoms with Gasteiger partial charge >= 0.3 is 5.97 Å². The maximum atomic E-state index is 10.8. The van der Waals surface area contributed by atoms with Crippen molar-refractivity contribution < 1.29 is 18.3 Å². The van der Waals surface area contributed by atoms with Crippen LogP contribution in [0.25, 0.3) is 0 Å². The molecule has 6 heteroatoms. The zero-order chi connectivity index (χ0) is 9.78. The summed E-state index contributed by atoms with van der Waals surface area (Å²) >= 11 is 0. The summed E-state index contributed by atoms with van der Waals surface area (Å²) in [6.45, 7) is 5.18. The van der Waals surface area contributed by atoms with E-state index >= 15 is 0 Å². The molecule has 12 heavy (non-hydrogen) atoms. The minimum Gasteiger partial charge on any atom is -0.480 e. The molecule has 0 amide bonds. The summed E-state index contributed by atoms with van der Waals surface area (Å²) in [6.07, 6.45) is 0. The highest BCUT2D eigenvalue weighted by Gasteiger charge is 2.13. The number of sulfonamides is 1. The average molecular weight is 193 g/mol. The molecule has 0 aliphatic carbocycles. The smallest absolute Gasteiger partial charge is 0.320 e. The van der Waals surface area contributed by atoms with Crippen LogP contribution in [-0.4, -0.2) is 31.8 Å². The van der Waals surface area contributed by atoms with E-state index in [-0.39, 0.29) is 6.54 Å². The molecule has 0 aromatic carbocycles. The van der Waals surface area contributed by atoms with E-state index in [4.69, 9.17) is 5.11 Å². The van der Waals surface area contributed by atoms with Gasteiger partial charge in [-0.3, -0.25) is 4.79 Å². The van der Waals surface area contributed by atoms with Crippen LogP contribution >= 0.6 is 0 Å². The molecule has 0 rings (SSSR count). The van der Waals surface area contributed by atoms with Crippen molar-refractivity contribution in [1.29, 1.82) is 0 Å². The van der Waals surface area contributed by atoms with Crippen LogP contribution in [0.4, 0.5) is 0 Å². The van der Waals surface area contributed by atoms with Gasteiger partial charge in [-0.15, -0.1) is 0 Å². The first kappa shape index (κ1) is 11.1. The third kappa shape index (κ3) is 5.87. The third-order valence-electron chi connectivity index (χ3n) is 0.907. The van der Waals surface area contributed by atoms with E-state index in [1.54, 1.807) is 6.92 Å². The Morgan fingerprint density at radius 2 is 2.08 bits per heavy atom. The van der Waals surface area contributed by atoms with Crippen LogP contribution in [0.1, 0.15) is 6.92 Å². The van der Waals surface area contributed by atoms with Gasteiger partial charge in [0.15, 0.2) is 5.75 Å². The fourth-order valence-corrected chi connectivity index (χ4v) is 1.34. The third-order valence-corrected chi connectivity index (χ3v) is 2.12. The molecule has 0 heterocycles. The van der Waals surface area contributed by atoms with Gasteiger partial charge in [-0.25, -0.2) is 13.1 Å². The number of hydrogen-bond acceptors (Lipinski definition) is 3. The van der Waals surface area contributed by atoms with Gasteiger partial charge in [-0.05, 0) is 6.92 Å². The van der Waals surface area contributed by atoms with Crippen molar-refractivity contribution in [1.82, 2.24) is 4.72 Å². The average Bonchev–Trinajstić information content (AvgIpc) is 1.81. The topological polar surface area (TPSA) is 83.5 Å². The number of rotatable bonds is 5. The molecule has 2 N–H and O–H groups in total. The molecule has 0 radical (unpaired) electrons. The molecule has 0 aliphatic heterocycles. The maximum absolute atomic E-state index is 10.8. The van der Waals surface area contributed by atoms with Gasteiger partial charge in [0.1, 0.15) is 0 Å². The molecule has 0 aromatic heterocycles. The molecular formula is C6H11NO4S. The van der Waals surface area contributed by atoms with Gasteiger partial charge in [-0.2, -0.15) is 0 Å². The summed E-state index contributed by atoms with van der Waals surface area (Å²) in [5, 5.41) is 8.17. The van der Waals surface area contributed by atoms with Gasteiger partial charge in [0.05, 0.1) is 0 Å². The minimum atomic E-state index is -3.69. The van der Waals surface area contributed by atoms with Crippen LogP contribution in [0.3, 0.4) is 0 Å². The van der Waals surface area contributed by atoms with E-state index < -0.39 is 21.7 Å². The normalized spacial score (nSPS) is 11.1. The van der Waals surface area contributed by atoms with E-state index in [0.29, 0.717) is 5.57 Å². The first-order valence-corrected chi connectivity index (χ1v) is 4.82. The van der Waals surface area contributed by atoms with Crippen LogP contribution in [0.15, 0.2) is 12.2 Å². The van der Waals surface area contributed by atoms with Crippen molar-refractivity contribution in [3.63, 3.8) is 0 Å². The number of carboxylic acids is 1. The second-order valence-electron chi connectivity index (χ2n) is 2.43. The van der Waals surface area contributed by atoms with E-state index in [9.17, 15) is 13.2 Å². The fourth-order valence-electron chi connectivity index (χ4n) is 0.447. The van der Waals surface area contributed by atoms with Crippen molar-refractivity contribution in [3.8, 4) is 0 Å². The van der Waals surface area contributed by atoms with Crippen molar-refractivity contribution in [3.05, 3.63) is 12.2 Å². The second-order valence-corrected chi connectivity index (χ2v) is 4.24. The molecule has 70 valence electrons. The van der Waals surface area contributed by atoms with Gasteiger partial charge in [0.25, 0.3) is 0 Å². The molecule has 0 saturated carbocycles.